The monoisotopic (exact) mass is 312 g/mol. The molecule has 0 aromatic heterocycles. The van der Waals surface area contributed by atoms with E-state index in [9.17, 15) is 9.59 Å². The number of nitrogens with zero attached hydrogens (tertiary/aromatic N) is 2. The van der Waals surface area contributed by atoms with Gasteiger partial charge in [-0.2, -0.15) is 0 Å². The number of benzene rings is 1. The fraction of sp³-hybridized carbons (Fsp3) is 0.579. The number of carbonyl (C=O) groups excluding carboxylic acids is 2. The topological polar surface area (TPSA) is 40.6 Å². The third-order valence-electron chi connectivity index (χ3n) is 5.59. The summed E-state index contributed by atoms with van der Waals surface area (Å²) in [5.74, 6) is 0.130. The average Bonchev–Trinajstić information content (AvgIpc) is 3.33. The molecule has 1 aromatic rings. The van der Waals surface area contributed by atoms with Crippen molar-refractivity contribution >= 4 is 17.5 Å². The number of likely N-dealkylation sites (tertiary alicyclic amines) is 1. The number of amides is 2. The van der Waals surface area contributed by atoms with E-state index in [2.05, 4.69) is 6.07 Å². The molecule has 1 aliphatic carbocycles. The Morgan fingerprint density at radius 1 is 0.870 bits per heavy atom. The highest BCUT2D eigenvalue weighted by atomic mass is 16.2. The second-order valence-corrected chi connectivity index (χ2v) is 7.12. The number of rotatable bonds is 2. The van der Waals surface area contributed by atoms with Gasteiger partial charge in [0.15, 0.2) is 0 Å². The second kappa shape index (κ2) is 5.66. The minimum atomic E-state index is -0.748. The summed E-state index contributed by atoms with van der Waals surface area (Å²) in [6, 6.07) is 8.08. The molecule has 0 bridgehead atoms. The molecule has 0 radical (unpaired) electrons. The lowest BCUT2D eigenvalue weighted by molar-refractivity contribution is -0.143. The predicted octanol–water partition coefficient (Wildman–Crippen LogP) is 2.76. The van der Waals surface area contributed by atoms with Gasteiger partial charge in [0.2, 0.25) is 11.8 Å². The van der Waals surface area contributed by atoms with Gasteiger partial charge in [0.25, 0.3) is 0 Å². The van der Waals surface area contributed by atoms with E-state index < -0.39 is 5.41 Å². The third-order valence-corrected chi connectivity index (χ3v) is 5.59. The molecule has 4 rings (SSSR count). The van der Waals surface area contributed by atoms with Crippen molar-refractivity contribution < 1.29 is 9.59 Å². The molecule has 4 nitrogen and oxygen atoms in total. The van der Waals surface area contributed by atoms with Crippen LogP contribution in [0.5, 0.6) is 0 Å². The van der Waals surface area contributed by atoms with Crippen LogP contribution in [-0.4, -0.2) is 36.3 Å². The van der Waals surface area contributed by atoms with Crippen LogP contribution in [0.25, 0.3) is 0 Å². The summed E-state index contributed by atoms with van der Waals surface area (Å²) in [6.07, 6.45) is 6.88. The first-order valence-electron chi connectivity index (χ1n) is 8.92. The van der Waals surface area contributed by atoms with Gasteiger partial charge in [0, 0.05) is 25.3 Å². The van der Waals surface area contributed by atoms with Crippen LogP contribution in [0.3, 0.4) is 0 Å². The molecular weight excluding hydrogens is 288 g/mol. The summed E-state index contributed by atoms with van der Waals surface area (Å²) in [5, 5.41) is 0. The van der Waals surface area contributed by atoms with Crippen LogP contribution in [0.2, 0.25) is 0 Å². The number of carbonyl (C=O) groups is 2. The molecule has 1 aromatic carbocycles. The Morgan fingerprint density at radius 2 is 1.57 bits per heavy atom. The van der Waals surface area contributed by atoms with Gasteiger partial charge < -0.3 is 9.80 Å². The molecule has 3 aliphatic rings. The Labute approximate surface area is 137 Å². The van der Waals surface area contributed by atoms with Gasteiger partial charge in [0.05, 0.1) is 0 Å². The van der Waals surface area contributed by atoms with Crippen LogP contribution in [0.4, 0.5) is 5.69 Å². The molecule has 23 heavy (non-hydrogen) atoms. The summed E-state index contributed by atoms with van der Waals surface area (Å²) >= 11 is 0. The number of anilines is 1. The Kier molecular flexibility index (Phi) is 3.63. The van der Waals surface area contributed by atoms with E-state index in [0.717, 1.165) is 50.9 Å². The largest absolute Gasteiger partial charge is 0.342 e. The number of fused-ring (bicyclic) bond motifs is 1. The van der Waals surface area contributed by atoms with Gasteiger partial charge in [-0.3, -0.25) is 9.59 Å². The molecule has 2 aliphatic heterocycles. The Bertz CT molecular complexity index is 628. The number of hydrogen-bond acceptors (Lipinski definition) is 2. The van der Waals surface area contributed by atoms with Crippen LogP contribution in [-0.2, 0) is 16.0 Å². The zero-order valence-electron chi connectivity index (χ0n) is 13.6. The molecule has 2 amide bonds. The Hall–Kier alpha value is -1.84. The van der Waals surface area contributed by atoms with Crippen LogP contribution in [0, 0.1) is 5.41 Å². The molecular formula is C19H24N2O2. The van der Waals surface area contributed by atoms with Gasteiger partial charge in [-0.15, -0.1) is 0 Å². The standard InChI is InChI=1S/C19H24N2O2/c22-17(20-12-5-1-2-6-13-20)19(10-11-19)18(23)21-14-9-15-7-3-4-8-16(15)21/h3-4,7-8H,1-2,5-6,9-14H2. The van der Waals surface area contributed by atoms with Crippen molar-refractivity contribution in [3.05, 3.63) is 29.8 Å². The van der Waals surface area contributed by atoms with Crippen LogP contribution < -0.4 is 4.90 Å². The Morgan fingerprint density at radius 3 is 2.26 bits per heavy atom. The number of hydrogen-bond donors (Lipinski definition) is 0. The van der Waals surface area contributed by atoms with Crippen LogP contribution >= 0.6 is 0 Å². The van der Waals surface area contributed by atoms with Crippen LogP contribution in [0.15, 0.2) is 24.3 Å². The van der Waals surface area contributed by atoms with Gasteiger partial charge in [-0.05, 0) is 43.7 Å². The van der Waals surface area contributed by atoms with E-state index in [1.165, 1.54) is 18.4 Å². The van der Waals surface area contributed by atoms with Crippen molar-refractivity contribution in [3.8, 4) is 0 Å². The van der Waals surface area contributed by atoms with Crippen molar-refractivity contribution in [3.63, 3.8) is 0 Å². The van der Waals surface area contributed by atoms with E-state index in [1.54, 1.807) is 0 Å². The first-order valence-corrected chi connectivity index (χ1v) is 8.92. The van der Waals surface area contributed by atoms with E-state index in [-0.39, 0.29) is 11.8 Å². The highest BCUT2D eigenvalue weighted by molar-refractivity contribution is 6.14. The SMILES string of the molecule is O=C(N1CCCCCC1)C1(C(=O)N2CCc3ccccc32)CC1. The number of para-hydroxylation sites is 1. The quantitative estimate of drug-likeness (QED) is 0.788. The minimum absolute atomic E-state index is 0.0386. The van der Waals surface area contributed by atoms with Gasteiger partial charge in [0.1, 0.15) is 5.41 Å². The second-order valence-electron chi connectivity index (χ2n) is 7.12. The molecule has 0 unspecified atom stereocenters. The third kappa shape index (κ3) is 2.44. The lowest BCUT2D eigenvalue weighted by Gasteiger charge is -2.28. The molecule has 2 heterocycles. The van der Waals surface area contributed by atoms with E-state index in [1.807, 2.05) is 28.0 Å². The lowest BCUT2D eigenvalue weighted by atomic mass is 10.0. The summed E-state index contributed by atoms with van der Waals surface area (Å²) < 4.78 is 0. The molecule has 0 spiro atoms. The summed E-state index contributed by atoms with van der Waals surface area (Å²) in [4.78, 5) is 30.0. The van der Waals surface area contributed by atoms with Gasteiger partial charge in [-0.1, -0.05) is 31.0 Å². The zero-order chi connectivity index (χ0) is 15.9. The van der Waals surface area contributed by atoms with E-state index in [4.69, 9.17) is 0 Å². The highest BCUT2D eigenvalue weighted by Gasteiger charge is 2.59. The zero-order valence-corrected chi connectivity index (χ0v) is 13.6. The fourth-order valence-electron chi connectivity index (χ4n) is 4.03. The summed E-state index contributed by atoms with van der Waals surface area (Å²) in [6.45, 7) is 2.36. The van der Waals surface area contributed by atoms with Crippen molar-refractivity contribution in [2.45, 2.75) is 44.9 Å². The highest BCUT2D eigenvalue weighted by Crippen LogP contribution is 2.50. The lowest BCUT2D eigenvalue weighted by Crippen LogP contribution is -2.47. The molecule has 1 saturated heterocycles. The van der Waals surface area contributed by atoms with E-state index in [0.29, 0.717) is 6.54 Å². The fourth-order valence-corrected chi connectivity index (χ4v) is 4.03. The first-order chi connectivity index (χ1) is 11.2. The molecule has 122 valence electrons. The van der Waals surface area contributed by atoms with Crippen molar-refractivity contribution in [2.75, 3.05) is 24.5 Å². The van der Waals surface area contributed by atoms with Gasteiger partial charge in [-0.25, -0.2) is 0 Å². The van der Waals surface area contributed by atoms with Crippen molar-refractivity contribution in [1.82, 2.24) is 4.90 Å². The van der Waals surface area contributed by atoms with E-state index >= 15 is 0 Å². The van der Waals surface area contributed by atoms with Crippen molar-refractivity contribution in [2.24, 2.45) is 5.41 Å². The molecule has 4 heteroatoms. The smallest absolute Gasteiger partial charge is 0.242 e. The van der Waals surface area contributed by atoms with Crippen molar-refractivity contribution in [1.29, 1.82) is 0 Å². The maximum absolute atomic E-state index is 13.1. The maximum atomic E-state index is 13.1. The normalized spacial score (nSPS) is 22.4. The van der Waals surface area contributed by atoms with Crippen LogP contribution in [0.1, 0.15) is 44.1 Å². The Balaban J connectivity index is 1.55. The molecule has 1 saturated carbocycles. The predicted molar refractivity (Wildman–Crippen MR) is 89.2 cm³/mol. The minimum Gasteiger partial charge on any atom is -0.342 e. The summed E-state index contributed by atoms with van der Waals surface area (Å²) in [5.41, 5.74) is 1.48. The summed E-state index contributed by atoms with van der Waals surface area (Å²) in [7, 11) is 0. The van der Waals surface area contributed by atoms with Gasteiger partial charge >= 0.3 is 0 Å². The average molecular weight is 312 g/mol. The molecule has 0 atom stereocenters. The molecule has 2 fully saturated rings. The first kappa shape index (κ1) is 14.7. The maximum Gasteiger partial charge on any atom is 0.242 e. The molecule has 0 N–H and O–H groups in total.